The Morgan fingerprint density at radius 2 is 1.80 bits per heavy atom. The number of nitrogens with one attached hydrogen (secondary N) is 1. The topological polar surface area (TPSA) is 86.1 Å². The molecule has 4 rings (SSSR count). The molecule has 2 aromatic carbocycles. The van der Waals surface area contributed by atoms with Crippen LogP contribution in [0.3, 0.4) is 0 Å². The molecule has 2 heterocycles. The highest BCUT2D eigenvalue weighted by molar-refractivity contribution is 6.04. The van der Waals surface area contributed by atoms with E-state index in [1.807, 2.05) is 6.92 Å². The van der Waals surface area contributed by atoms with Crippen LogP contribution >= 0.6 is 0 Å². The van der Waals surface area contributed by atoms with E-state index in [-0.39, 0.29) is 11.5 Å². The number of carbonyl (C=O) groups is 1. The van der Waals surface area contributed by atoms with Crippen LogP contribution in [0.15, 0.2) is 71.7 Å². The van der Waals surface area contributed by atoms with Gasteiger partial charge in [0.05, 0.1) is 17.7 Å². The zero-order chi connectivity index (χ0) is 21.1. The van der Waals surface area contributed by atoms with Crippen molar-refractivity contribution in [3.8, 4) is 11.4 Å². The minimum absolute atomic E-state index is 0.184. The molecular formula is C23H20N4O3. The molecule has 0 fully saturated rings. The van der Waals surface area contributed by atoms with Crippen LogP contribution in [0.1, 0.15) is 23.1 Å². The summed E-state index contributed by atoms with van der Waals surface area (Å²) in [5.74, 6) is 1.04. The molecule has 0 spiro atoms. The molecule has 0 saturated heterocycles. The third kappa shape index (κ3) is 3.77. The molecule has 0 bridgehead atoms. The summed E-state index contributed by atoms with van der Waals surface area (Å²) in [7, 11) is 0. The number of nitrogens with zero attached hydrogens (tertiary/aromatic N) is 3. The Hall–Kier alpha value is -4.00. The average molecular weight is 400 g/mol. The molecule has 1 amide bonds. The van der Waals surface area contributed by atoms with Gasteiger partial charge in [-0.25, -0.2) is 9.97 Å². The first-order valence-corrected chi connectivity index (χ1v) is 9.56. The van der Waals surface area contributed by atoms with E-state index in [0.29, 0.717) is 40.4 Å². The van der Waals surface area contributed by atoms with Crippen LogP contribution in [-0.4, -0.2) is 27.0 Å². The van der Waals surface area contributed by atoms with E-state index in [1.165, 1.54) is 4.57 Å². The maximum absolute atomic E-state index is 12.9. The molecule has 0 aliphatic rings. The van der Waals surface area contributed by atoms with Crippen LogP contribution in [0.25, 0.3) is 16.7 Å². The predicted octanol–water partition coefficient (Wildman–Crippen LogP) is 3.74. The van der Waals surface area contributed by atoms with Gasteiger partial charge in [-0.05, 0) is 74.5 Å². The second-order valence-corrected chi connectivity index (χ2v) is 6.63. The van der Waals surface area contributed by atoms with Crippen molar-refractivity contribution in [2.24, 2.45) is 0 Å². The standard InChI is InChI=1S/C23H20N4O3/c1-3-30-19-12-6-16(7-13-19)22(28)26-17-8-10-18(11-9-17)27-15(2)25-21-20(23(27)29)5-4-14-24-21/h4-14H,3H2,1-2H3,(H,26,28). The first-order chi connectivity index (χ1) is 14.6. The van der Waals surface area contributed by atoms with Crippen molar-refractivity contribution in [2.45, 2.75) is 13.8 Å². The smallest absolute Gasteiger partial charge is 0.267 e. The predicted molar refractivity (Wildman–Crippen MR) is 115 cm³/mol. The second kappa shape index (κ2) is 8.16. The lowest BCUT2D eigenvalue weighted by molar-refractivity contribution is 0.102. The van der Waals surface area contributed by atoms with Crippen LogP contribution in [0.5, 0.6) is 5.75 Å². The molecule has 1 N–H and O–H groups in total. The zero-order valence-corrected chi connectivity index (χ0v) is 16.6. The average Bonchev–Trinajstić information content (AvgIpc) is 2.75. The Morgan fingerprint density at radius 3 is 2.50 bits per heavy atom. The van der Waals surface area contributed by atoms with Gasteiger partial charge in [-0.3, -0.25) is 14.2 Å². The van der Waals surface area contributed by atoms with Crippen molar-refractivity contribution in [1.29, 1.82) is 0 Å². The van der Waals surface area contributed by atoms with E-state index in [4.69, 9.17) is 4.74 Å². The van der Waals surface area contributed by atoms with E-state index in [9.17, 15) is 9.59 Å². The summed E-state index contributed by atoms with van der Waals surface area (Å²) in [6.07, 6.45) is 1.61. The van der Waals surface area contributed by atoms with Gasteiger partial charge in [0.1, 0.15) is 11.6 Å². The largest absolute Gasteiger partial charge is 0.494 e. The van der Waals surface area contributed by atoms with Crippen LogP contribution in [0.4, 0.5) is 5.69 Å². The number of benzene rings is 2. The third-order valence-corrected chi connectivity index (χ3v) is 4.62. The summed E-state index contributed by atoms with van der Waals surface area (Å²) >= 11 is 0. The number of aryl methyl sites for hydroxylation is 1. The lowest BCUT2D eigenvalue weighted by Gasteiger charge is -2.12. The van der Waals surface area contributed by atoms with Gasteiger partial charge < -0.3 is 10.1 Å². The number of fused-ring (bicyclic) bond motifs is 1. The number of pyridine rings is 1. The van der Waals surface area contributed by atoms with Crippen molar-refractivity contribution < 1.29 is 9.53 Å². The molecule has 0 saturated carbocycles. The van der Waals surface area contributed by atoms with Gasteiger partial charge >= 0.3 is 0 Å². The quantitative estimate of drug-likeness (QED) is 0.552. The molecular weight excluding hydrogens is 380 g/mol. The fraction of sp³-hybridized carbons (Fsp3) is 0.130. The van der Waals surface area contributed by atoms with Gasteiger partial charge in [-0.1, -0.05) is 0 Å². The van der Waals surface area contributed by atoms with E-state index < -0.39 is 0 Å². The second-order valence-electron chi connectivity index (χ2n) is 6.63. The molecule has 2 aromatic heterocycles. The maximum Gasteiger partial charge on any atom is 0.267 e. The molecule has 0 atom stereocenters. The molecule has 0 unspecified atom stereocenters. The summed E-state index contributed by atoms with van der Waals surface area (Å²) in [4.78, 5) is 33.9. The van der Waals surface area contributed by atoms with E-state index in [1.54, 1.807) is 73.8 Å². The van der Waals surface area contributed by atoms with Crippen LogP contribution in [0, 0.1) is 6.92 Å². The number of carbonyl (C=O) groups excluding carboxylic acids is 1. The van der Waals surface area contributed by atoms with E-state index in [0.717, 1.165) is 5.75 Å². The van der Waals surface area contributed by atoms with Crippen molar-refractivity contribution in [1.82, 2.24) is 14.5 Å². The fourth-order valence-corrected chi connectivity index (χ4v) is 3.19. The van der Waals surface area contributed by atoms with Gasteiger partial charge in [0.15, 0.2) is 5.65 Å². The molecule has 0 aliphatic heterocycles. The minimum Gasteiger partial charge on any atom is -0.494 e. The summed E-state index contributed by atoms with van der Waals surface area (Å²) in [5.41, 5.74) is 2.06. The molecule has 0 radical (unpaired) electrons. The Labute approximate surface area is 173 Å². The number of anilines is 1. The Kier molecular flexibility index (Phi) is 5.26. The molecule has 7 nitrogen and oxygen atoms in total. The van der Waals surface area contributed by atoms with E-state index in [2.05, 4.69) is 15.3 Å². The first kappa shape index (κ1) is 19.3. The lowest BCUT2D eigenvalue weighted by Crippen LogP contribution is -2.22. The number of hydrogen-bond donors (Lipinski definition) is 1. The Balaban J connectivity index is 1.57. The van der Waals surface area contributed by atoms with Gasteiger partial charge in [0.25, 0.3) is 11.5 Å². The lowest BCUT2D eigenvalue weighted by atomic mass is 10.2. The third-order valence-electron chi connectivity index (χ3n) is 4.62. The summed E-state index contributed by atoms with van der Waals surface area (Å²) in [5, 5.41) is 3.31. The van der Waals surface area contributed by atoms with Gasteiger partial charge in [0.2, 0.25) is 0 Å². The highest BCUT2D eigenvalue weighted by atomic mass is 16.5. The Bertz CT molecular complexity index is 1260. The van der Waals surface area contributed by atoms with Crippen LogP contribution in [0.2, 0.25) is 0 Å². The molecule has 7 heteroatoms. The fourth-order valence-electron chi connectivity index (χ4n) is 3.19. The number of amides is 1. The summed E-state index contributed by atoms with van der Waals surface area (Å²) in [6, 6.07) is 17.4. The van der Waals surface area contributed by atoms with Gasteiger partial charge in [-0.15, -0.1) is 0 Å². The highest BCUT2D eigenvalue weighted by Crippen LogP contribution is 2.17. The molecule has 4 aromatic rings. The van der Waals surface area contributed by atoms with Crippen molar-refractivity contribution in [3.05, 3.63) is 88.6 Å². The highest BCUT2D eigenvalue weighted by Gasteiger charge is 2.11. The van der Waals surface area contributed by atoms with Gasteiger partial charge in [-0.2, -0.15) is 0 Å². The first-order valence-electron chi connectivity index (χ1n) is 9.56. The Morgan fingerprint density at radius 1 is 1.07 bits per heavy atom. The van der Waals surface area contributed by atoms with Crippen molar-refractivity contribution in [3.63, 3.8) is 0 Å². The number of rotatable bonds is 5. The SMILES string of the molecule is CCOc1ccc(C(=O)Nc2ccc(-n3c(C)nc4ncccc4c3=O)cc2)cc1. The molecule has 30 heavy (non-hydrogen) atoms. The van der Waals surface area contributed by atoms with Crippen molar-refractivity contribution >= 4 is 22.6 Å². The number of aromatic nitrogens is 3. The minimum atomic E-state index is -0.224. The summed E-state index contributed by atoms with van der Waals surface area (Å²) < 4.78 is 6.92. The molecule has 150 valence electrons. The van der Waals surface area contributed by atoms with E-state index >= 15 is 0 Å². The maximum atomic E-state index is 12.9. The summed E-state index contributed by atoms with van der Waals surface area (Å²) in [6.45, 7) is 4.24. The monoisotopic (exact) mass is 400 g/mol. The number of hydrogen-bond acceptors (Lipinski definition) is 5. The molecule has 0 aliphatic carbocycles. The van der Waals surface area contributed by atoms with Crippen molar-refractivity contribution in [2.75, 3.05) is 11.9 Å². The zero-order valence-electron chi connectivity index (χ0n) is 16.6. The normalized spacial score (nSPS) is 10.7. The van der Waals surface area contributed by atoms with Crippen LogP contribution in [-0.2, 0) is 0 Å². The van der Waals surface area contributed by atoms with Crippen LogP contribution < -0.4 is 15.6 Å². The number of ether oxygens (including phenoxy) is 1. The van der Waals surface area contributed by atoms with Gasteiger partial charge in [0, 0.05) is 17.4 Å².